The summed E-state index contributed by atoms with van der Waals surface area (Å²) in [7, 11) is -3.71. The highest BCUT2D eigenvalue weighted by Gasteiger charge is 2.08. The number of carbonyl (C=O) groups excluding carboxylic acids is 2. The number of nitrogens with one attached hydrogen (secondary N) is 2. The first kappa shape index (κ1) is 20.4. The van der Waals surface area contributed by atoms with E-state index in [0.717, 1.165) is 5.56 Å². The Morgan fingerprint density at radius 1 is 0.926 bits per heavy atom. The third kappa shape index (κ3) is 7.47. The summed E-state index contributed by atoms with van der Waals surface area (Å²) < 4.78 is 27.6. The molecule has 0 atom stereocenters. The lowest BCUT2D eigenvalue weighted by Gasteiger charge is -2.08. The fourth-order valence-electron chi connectivity index (χ4n) is 2.15. The van der Waals surface area contributed by atoms with E-state index >= 15 is 0 Å². The molecule has 2 aromatic carbocycles. The summed E-state index contributed by atoms with van der Waals surface area (Å²) in [6.07, 6.45) is 0.516. The molecule has 27 heavy (non-hydrogen) atoms. The van der Waals surface area contributed by atoms with Gasteiger partial charge in [-0.3, -0.25) is 9.59 Å². The largest absolute Gasteiger partial charge is 0.484 e. The van der Waals surface area contributed by atoms with E-state index in [-0.39, 0.29) is 24.0 Å². The van der Waals surface area contributed by atoms with Gasteiger partial charge in [0.15, 0.2) is 6.61 Å². The summed E-state index contributed by atoms with van der Waals surface area (Å²) in [5.41, 5.74) is 0.850. The SMILES string of the molecule is NS(=O)(=O)c1ccc(CCNC(=O)CNC(=O)COc2ccccc2)cc1. The van der Waals surface area contributed by atoms with E-state index in [2.05, 4.69) is 10.6 Å². The fourth-order valence-corrected chi connectivity index (χ4v) is 2.67. The van der Waals surface area contributed by atoms with Crippen LogP contribution < -0.4 is 20.5 Å². The second kappa shape index (κ2) is 9.70. The van der Waals surface area contributed by atoms with Gasteiger partial charge in [0.1, 0.15) is 5.75 Å². The zero-order valence-electron chi connectivity index (χ0n) is 14.6. The first-order chi connectivity index (χ1) is 12.8. The van der Waals surface area contributed by atoms with Crippen molar-refractivity contribution in [1.29, 1.82) is 0 Å². The third-order valence-corrected chi connectivity index (χ3v) is 4.48. The molecular weight excluding hydrogens is 370 g/mol. The molecule has 0 saturated heterocycles. The van der Waals surface area contributed by atoms with E-state index < -0.39 is 15.9 Å². The maximum atomic E-state index is 11.7. The van der Waals surface area contributed by atoms with Gasteiger partial charge >= 0.3 is 0 Å². The lowest BCUT2D eigenvalue weighted by molar-refractivity contribution is -0.127. The number of carbonyl (C=O) groups is 2. The summed E-state index contributed by atoms with van der Waals surface area (Å²) in [6, 6.07) is 15.0. The average Bonchev–Trinajstić information content (AvgIpc) is 2.65. The van der Waals surface area contributed by atoms with Gasteiger partial charge in [0.05, 0.1) is 11.4 Å². The number of primary sulfonamides is 1. The second-order valence-corrected chi connectivity index (χ2v) is 7.23. The smallest absolute Gasteiger partial charge is 0.258 e. The minimum absolute atomic E-state index is 0.0377. The summed E-state index contributed by atoms with van der Waals surface area (Å²) in [6.45, 7) is 0.0268. The van der Waals surface area contributed by atoms with Crippen molar-refractivity contribution in [3.8, 4) is 5.75 Å². The third-order valence-electron chi connectivity index (χ3n) is 3.55. The maximum Gasteiger partial charge on any atom is 0.258 e. The molecule has 0 aliphatic heterocycles. The lowest BCUT2D eigenvalue weighted by Crippen LogP contribution is -2.39. The maximum absolute atomic E-state index is 11.7. The van der Waals surface area contributed by atoms with Gasteiger partial charge in [-0.15, -0.1) is 0 Å². The Morgan fingerprint density at radius 3 is 2.22 bits per heavy atom. The van der Waals surface area contributed by atoms with Crippen LogP contribution in [0.2, 0.25) is 0 Å². The molecule has 4 N–H and O–H groups in total. The molecule has 0 unspecified atom stereocenters. The zero-order valence-corrected chi connectivity index (χ0v) is 15.4. The summed E-state index contributed by atoms with van der Waals surface area (Å²) in [4.78, 5) is 23.4. The highest BCUT2D eigenvalue weighted by molar-refractivity contribution is 7.89. The number of amides is 2. The molecule has 2 rings (SSSR count). The van der Waals surface area contributed by atoms with Gasteiger partial charge in [-0.1, -0.05) is 30.3 Å². The zero-order chi connectivity index (χ0) is 19.7. The van der Waals surface area contributed by atoms with Gasteiger partial charge in [-0.2, -0.15) is 0 Å². The first-order valence-corrected chi connectivity index (χ1v) is 9.72. The van der Waals surface area contributed by atoms with Gasteiger partial charge in [-0.05, 0) is 36.2 Å². The molecule has 144 valence electrons. The average molecular weight is 391 g/mol. The molecule has 0 saturated carbocycles. The van der Waals surface area contributed by atoms with Crippen LogP contribution in [-0.2, 0) is 26.0 Å². The Hall–Kier alpha value is -2.91. The standard InChI is InChI=1S/C18H21N3O5S/c19-27(24,25)16-8-6-14(7-9-16)10-11-20-17(22)12-21-18(23)13-26-15-4-2-1-3-5-15/h1-9H,10-13H2,(H,20,22)(H,21,23)(H2,19,24,25). The summed E-state index contributed by atoms with van der Waals surface area (Å²) in [5.74, 6) is -0.151. The second-order valence-electron chi connectivity index (χ2n) is 5.67. The molecular formula is C18H21N3O5S. The van der Waals surface area contributed by atoms with Crippen molar-refractivity contribution in [2.75, 3.05) is 19.7 Å². The quantitative estimate of drug-likeness (QED) is 0.562. The monoisotopic (exact) mass is 391 g/mol. The number of rotatable bonds is 9. The van der Waals surface area contributed by atoms with E-state index in [1.807, 2.05) is 6.07 Å². The number of sulfonamides is 1. The molecule has 8 nitrogen and oxygen atoms in total. The van der Waals surface area contributed by atoms with Crippen LogP contribution in [0.4, 0.5) is 0 Å². The van der Waals surface area contributed by atoms with Crippen molar-refractivity contribution in [2.24, 2.45) is 5.14 Å². The number of ether oxygens (including phenoxy) is 1. The molecule has 2 amide bonds. The predicted molar refractivity (Wildman–Crippen MR) is 99.5 cm³/mol. The highest BCUT2D eigenvalue weighted by atomic mass is 32.2. The van der Waals surface area contributed by atoms with Gasteiger partial charge < -0.3 is 15.4 Å². The van der Waals surface area contributed by atoms with Crippen LogP contribution in [0, 0.1) is 0 Å². The normalized spacial score (nSPS) is 10.9. The summed E-state index contributed by atoms with van der Waals surface area (Å²) >= 11 is 0. The molecule has 0 aliphatic rings. The molecule has 0 aromatic heterocycles. The molecule has 0 radical (unpaired) electrons. The number of para-hydroxylation sites is 1. The van der Waals surface area contributed by atoms with E-state index in [1.165, 1.54) is 12.1 Å². The van der Waals surface area contributed by atoms with Gasteiger partial charge in [0.2, 0.25) is 15.9 Å². The van der Waals surface area contributed by atoms with Crippen molar-refractivity contribution in [1.82, 2.24) is 10.6 Å². The Labute approximate surface area is 157 Å². The van der Waals surface area contributed by atoms with Crippen molar-refractivity contribution in [2.45, 2.75) is 11.3 Å². The molecule has 9 heteroatoms. The molecule has 2 aromatic rings. The fraction of sp³-hybridized carbons (Fsp3) is 0.222. The van der Waals surface area contributed by atoms with Crippen molar-refractivity contribution in [3.63, 3.8) is 0 Å². The van der Waals surface area contributed by atoms with Gasteiger partial charge in [0.25, 0.3) is 5.91 Å². The Kier molecular flexibility index (Phi) is 7.33. The molecule has 0 bridgehead atoms. The van der Waals surface area contributed by atoms with Crippen LogP contribution in [0.5, 0.6) is 5.75 Å². The summed E-state index contributed by atoms with van der Waals surface area (Å²) in [5, 5.41) is 10.2. The molecule has 0 fully saturated rings. The van der Waals surface area contributed by atoms with Gasteiger partial charge in [-0.25, -0.2) is 13.6 Å². The van der Waals surface area contributed by atoms with Crippen LogP contribution in [-0.4, -0.2) is 39.9 Å². The predicted octanol–water partition coefficient (Wildman–Crippen LogP) is 0.188. The number of nitrogens with two attached hydrogens (primary N) is 1. The molecule has 0 spiro atoms. The molecule has 0 aliphatic carbocycles. The van der Waals surface area contributed by atoms with Crippen molar-refractivity contribution in [3.05, 3.63) is 60.2 Å². The van der Waals surface area contributed by atoms with Gasteiger partial charge in [0, 0.05) is 6.54 Å². The minimum atomic E-state index is -3.71. The van der Waals surface area contributed by atoms with Crippen molar-refractivity contribution >= 4 is 21.8 Å². The van der Waals surface area contributed by atoms with Crippen LogP contribution in [0.25, 0.3) is 0 Å². The number of hydrogen-bond donors (Lipinski definition) is 3. The van der Waals surface area contributed by atoms with Crippen molar-refractivity contribution < 1.29 is 22.7 Å². The van der Waals surface area contributed by atoms with Crippen LogP contribution in [0.15, 0.2) is 59.5 Å². The van der Waals surface area contributed by atoms with E-state index in [9.17, 15) is 18.0 Å². The Balaban J connectivity index is 1.63. The number of benzene rings is 2. The Morgan fingerprint density at radius 2 is 1.59 bits per heavy atom. The first-order valence-electron chi connectivity index (χ1n) is 8.17. The lowest BCUT2D eigenvalue weighted by atomic mass is 10.1. The number of hydrogen-bond acceptors (Lipinski definition) is 5. The molecule has 0 heterocycles. The minimum Gasteiger partial charge on any atom is -0.484 e. The van der Waals surface area contributed by atoms with Crippen LogP contribution in [0.1, 0.15) is 5.56 Å². The van der Waals surface area contributed by atoms with E-state index in [0.29, 0.717) is 18.7 Å². The Bertz CT molecular complexity index is 868. The van der Waals surface area contributed by atoms with E-state index in [4.69, 9.17) is 9.88 Å². The highest BCUT2D eigenvalue weighted by Crippen LogP contribution is 2.09. The van der Waals surface area contributed by atoms with Crippen LogP contribution >= 0.6 is 0 Å². The topological polar surface area (TPSA) is 128 Å². The van der Waals surface area contributed by atoms with E-state index in [1.54, 1.807) is 36.4 Å². The van der Waals surface area contributed by atoms with Crippen LogP contribution in [0.3, 0.4) is 0 Å².